The number of para-hydroxylation sites is 3. The molecule has 0 spiro atoms. The van der Waals surface area contributed by atoms with Crippen molar-refractivity contribution >= 4 is 17.5 Å². The molecule has 4 aromatic rings. The third-order valence-electron chi connectivity index (χ3n) is 5.88. The zero-order chi connectivity index (χ0) is 24.2. The average molecular weight is 468 g/mol. The maximum absolute atomic E-state index is 12.8. The van der Waals surface area contributed by atoms with Crippen molar-refractivity contribution in [3.05, 3.63) is 90.9 Å². The van der Waals surface area contributed by atoms with Crippen molar-refractivity contribution in [3.8, 4) is 22.7 Å². The van der Waals surface area contributed by atoms with E-state index in [1.807, 2.05) is 77.6 Å². The average Bonchev–Trinajstić information content (AvgIpc) is 3.33. The van der Waals surface area contributed by atoms with Crippen LogP contribution in [0.4, 0.5) is 5.69 Å². The predicted molar refractivity (Wildman–Crippen MR) is 132 cm³/mol. The van der Waals surface area contributed by atoms with Crippen molar-refractivity contribution in [2.45, 2.75) is 26.0 Å². The molecule has 35 heavy (non-hydrogen) atoms. The van der Waals surface area contributed by atoms with Crippen molar-refractivity contribution in [1.82, 2.24) is 20.1 Å². The standard InChI is InChI=1S/C27H25N5O3/c1-19-27(34)31(23-9-5-6-10-24(23)35-19)16-13-25(33)29-17-21-18-32(22-7-3-2-4-8-22)30-26(21)20-11-14-28-15-12-20/h2-12,14-15,18-19H,13,16-17H2,1H3,(H,29,33). The maximum atomic E-state index is 12.8. The molecule has 176 valence electrons. The molecule has 8 nitrogen and oxygen atoms in total. The van der Waals surface area contributed by atoms with E-state index in [-0.39, 0.29) is 24.8 Å². The number of hydrogen-bond donors (Lipinski definition) is 1. The molecule has 0 saturated heterocycles. The van der Waals surface area contributed by atoms with Gasteiger partial charge < -0.3 is 15.0 Å². The molecule has 1 N–H and O–H groups in total. The second kappa shape index (κ2) is 9.80. The van der Waals surface area contributed by atoms with E-state index in [1.165, 1.54) is 0 Å². The Morgan fingerprint density at radius 2 is 1.77 bits per heavy atom. The quantitative estimate of drug-likeness (QED) is 0.447. The lowest BCUT2D eigenvalue weighted by Crippen LogP contribution is -2.45. The van der Waals surface area contributed by atoms with Crippen LogP contribution < -0.4 is 15.0 Å². The van der Waals surface area contributed by atoms with E-state index in [2.05, 4.69) is 10.3 Å². The van der Waals surface area contributed by atoms with Crippen LogP contribution in [0.25, 0.3) is 16.9 Å². The number of rotatable bonds is 7. The van der Waals surface area contributed by atoms with Crippen LogP contribution in [0.1, 0.15) is 18.9 Å². The van der Waals surface area contributed by atoms with Gasteiger partial charge in [-0.25, -0.2) is 4.68 Å². The van der Waals surface area contributed by atoms with Gasteiger partial charge in [-0.3, -0.25) is 14.6 Å². The van der Waals surface area contributed by atoms with Crippen LogP contribution in [0.3, 0.4) is 0 Å². The largest absolute Gasteiger partial charge is 0.479 e. The lowest BCUT2D eigenvalue weighted by atomic mass is 10.1. The number of benzene rings is 2. The smallest absolute Gasteiger partial charge is 0.267 e. The van der Waals surface area contributed by atoms with Crippen LogP contribution in [-0.4, -0.2) is 39.2 Å². The predicted octanol–water partition coefficient (Wildman–Crippen LogP) is 3.75. The number of nitrogens with one attached hydrogen (secondary N) is 1. The fraction of sp³-hybridized carbons (Fsp3) is 0.185. The van der Waals surface area contributed by atoms with E-state index in [9.17, 15) is 9.59 Å². The van der Waals surface area contributed by atoms with Gasteiger partial charge in [-0.1, -0.05) is 30.3 Å². The van der Waals surface area contributed by atoms with Crippen LogP contribution in [0.2, 0.25) is 0 Å². The first-order valence-electron chi connectivity index (χ1n) is 11.5. The van der Waals surface area contributed by atoms with E-state index in [4.69, 9.17) is 9.84 Å². The number of nitrogens with zero attached hydrogens (tertiary/aromatic N) is 4. The van der Waals surface area contributed by atoms with Crippen molar-refractivity contribution < 1.29 is 14.3 Å². The summed E-state index contributed by atoms with van der Waals surface area (Å²) in [5.74, 6) is 0.346. The van der Waals surface area contributed by atoms with Crippen LogP contribution in [-0.2, 0) is 16.1 Å². The first-order chi connectivity index (χ1) is 17.1. The molecular weight excluding hydrogens is 442 g/mol. The Morgan fingerprint density at radius 3 is 2.57 bits per heavy atom. The number of fused-ring (bicyclic) bond motifs is 1. The van der Waals surface area contributed by atoms with Crippen LogP contribution >= 0.6 is 0 Å². The van der Waals surface area contributed by atoms with Crippen molar-refractivity contribution in [3.63, 3.8) is 0 Å². The zero-order valence-corrected chi connectivity index (χ0v) is 19.3. The summed E-state index contributed by atoms with van der Waals surface area (Å²) in [5, 5.41) is 7.75. The summed E-state index contributed by atoms with van der Waals surface area (Å²) in [4.78, 5) is 31.2. The summed E-state index contributed by atoms with van der Waals surface area (Å²) in [6.45, 7) is 2.31. The number of carbonyl (C=O) groups excluding carboxylic acids is 2. The monoisotopic (exact) mass is 467 g/mol. The lowest BCUT2D eigenvalue weighted by molar-refractivity contribution is -0.125. The molecule has 1 aliphatic rings. The number of amides is 2. The molecule has 1 aliphatic heterocycles. The molecule has 0 radical (unpaired) electrons. The second-order valence-electron chi connectivity index (χ2n) is 8.26. The Morgan fingerprint density at radius 1 is 1.03 bits per heavy atom. The minimum Gasteiger partial charge on any atom is -0.479 e. The summed E-state index contributed by atoms with van der Waals surface area (Å²) in [6.07, 6.45) is 4.95. The number of pyridine rings is 1. The van der Waals surface area contributed by atoms with E-state index >= 15 is 0 Å². The first kappa shape index (κ1) is 22.3. The summed E-state index contributed by atoms with van der Waals surface area (Å²) < 4.78 is 7.48. The van der Waals surface area contributed by atoms with Crippen LogP contribution in [0.15, 0.2) is 85.3 Å². The van der Waals surface area contributed by atoms with Crippen LogP contribution in [0, 0.1) is 0 Å². The van der Waals surface area contributed by atoms with E-state index in [1.54, 1.807) is 24.2 Å². The van der Waals surface area contributed by atoms with Gasteiger partial charge in [0.05, 0.1) is 17.1 Å². The highest BCUT2D eigenvalue weighted by molar-refractivity contribution is 6.00. The number of anilines is 1. The molecule has 2 aromatic carbocycles. The number of carbonyl (C=O) groups is 2. The summed E-state index contributed by atoms with van der Waals surface area (Å²) >= 11 is 0. The molecule has 5 rings (SSSR count). The van der Waals surface area contributed by atoms with Gasteiger partial charge in [0, 0.05) is 49.2 Å². The Balaban J connectivity index is 1.29. The molecule has 0 aliphatic carbocycles. The zero-order valence-electron chi connectivity index (χ0n) is 19.3. The summed E-state index contributed by atoms with van der Waals surface area (Å²) in [6, 6.07) is 21.0. The van der Waals surface area contributed by atoms with E-state index in [0.717, 1.165) is 22.5 Å². The van der Waals surface area contributed by atoms with Gasteiger partial charge in [-0.2, -0.15) is 5.10 Å². The molecule has 2 aromatic heterocycles. The molecular formula is C27H25N5O3. The van der Waals surface area contributed by atoms with Crippen molar-refractivity contribution in [1.29, 1.82) is 0 Å². The summed E-state index contributed by atoms with van der Waals surface area (Å²) in [5.41, 5.74) is 4.20. The SMILES string of the molecule is CC1Oc2ccccc2N(CCC(=O)NCc2cn(-c3ccccc3)nc2-c2ccncc2)C1=O. The second-order valence-corrected chi connectivity index (χ2v) is 8.26. The molecule has 1 atom stereocenters. The highest BCUT2D eigenvalue weighted by atomic mass is 16.5. The van der Waals surface area contributed by atoms with E-state index < -0.39 is 6.10 Å². The van der Waals surface area contributed by atoms with Gasteiger partial charge in [-0.05, 0) is 43.3 Å². The normalized spacial score (nSPS) is 14.8. The minimum atomic E-state index is -0.584. The fourth-order valence-corrected chi connectivity index (χ4v) is 4.09. The molecule has 0 bridgehead atoms. The maximum Gasteiger partial charge on any atom is 0.267 e. The third kappa shape index (κ3) is 4.77. The van der Waals surface area contributed by atoms with Gasteiger partial charge >= 0.3 is 0 Å². The highest BCUT2D eigenvalue weighted by Crippen LogP contribution is 2.33. The molecule has 1 unspecified atom stereocenters. The Labute approximate surface area is 203 Å². The van der Waals surface area contributed by atoms with Crippen molar-refractivity contribution in [2.24, 2.45) is 0 Å². The Kier molecular flexibility index (Phi) is 6.26. The van der Waals surface area contributed by atoms with Crippen molar-refractivity contribution in [2.75, 3.05) is 11.4 Å². The first-order valence-corrected chi connectivity index (χ1v) is 11.5. The van der Waals surface area contributed by atoms with Gasteiger partial charge in [0.1, 0.15) is 5.75 Å². The molecule has 3 heterocycles. The molecule has 0 fully saturated rings. The Bertz CT molecular complexity index is 1340. The third-order valence-corrected chi connectivity index (χ3v) is 5.88. The Hall–Kier alpha value is -4.46. The number of ether oxygens (including phenoxy) is 1. The number of hydrogen-bond acceptors (Lipinski definition) is 5. The fourth-order valence-electron chi connectivity index (χ4n) is 4.09. The van der Waals surface area contributed by atoms with Gasteiger partial charge in [0.15, 0.2) is 6.10 Å². The topological polar surface area (TPSA) is 89.3 Å². The highest BCUT2D eigenvalue weighted by Gasteiger charge is 2.31. The summed E-state index contributed by atoms with van der Waals surface area (Å²) in [7, 11) is 0. The van der Waals surface area contributed by atoms with Crippen LogP contribution in [0.5, 0.6) is 5.75 Å². The molecule has 0 saturated carbocycles. The van der Waals surface area contributed by atoms with Gasteiger partial charge in [0.25, 0.3) is 5.91 Å². The minimum absolute atomic E-state index is 0.150. The number of aromatic nitrogens is 3. The van der Waals surface area contributed by atoms with E-state index in [0.29, 0.717) is 18.0 Å². The van der Waals surface area contributed by atoms with Gasteiger partial charge in [0.2, 0.25) is 5.91 Å². The molecule has 2 amide bonds. The lowest BCUT2D eigenvalue weighted by Gasteiger charge is -2.32. The van der Waals surface area contributed by atoms with Gasteiger partial charge in [-0.15, -0.1) is 0 Å². The molecule has 8 heteroatoms.